The number of pyridine rings is 1. The van der Waals surface area contributed by atoms with Crippen molar-refractivity contribution in [2.45, 2.75) is 6.42 Å². The zero-order chi connectivity index (χ0) is 9.84. The van der Waals surface area contributed by atoms with Crippen molar-refractivity contribution in [3.63, 3.8) is 0 Å². The van der Waals surface area contributed by atoms with E-state index in [1.54, 1.807) is 0 Å². The Kier molecular flexibility index (Phi) is 2.79. The van der Waals surface area contributed by atoms with Gasteiger partial charge in [0.25, 0.3) is 0 Å². The van der Waals surface area contributed by atoms with Crippen molar-refractivity contribution >= 4 is 11.7 Å². The highest BCUT2D eigenvalue weighted by Gasteiger charge is 2.10. The number of nitrogens with zero attached hydrogens (tertiary/aromatic N) is 1. The SMILES string of the molecule is COC(=O)Cc1nccc(F)c1N. The minimum atomic E-state index is -0.575. The number of halogens is 1. The van der Waals surface area contributed by atoms with E-state index in [1.165, 1.54) is 13.3 Å². The first-order chi connectivity index (χ1) is 6.15. The second-order valence-electron chi connectivity index (χ2n) is 2.41. The Morgan fingerprint density at radius 3 is 3.08 bits per heavy atom. The molecular weight excluding hydrogens is 175 g/mol. The molecule has 1 rings (SSSR count). The highest BCUT2D eigenvalue weighted by atomic mass is 19.1. The minimum absolute atomic E-state index is 0.104. The number of hydrogen-bond acceptors (Lipinski definition) is 4. The fourth-order valence-electron chi connectivity index (χ4n) is 0.840. The quantitative estimate of drug-likeness (QED) is 0.680. The van der Waals surface area contributed by atoms with E-state index in [0.717, 1.165) is 6.07 Å². The van der Waals surface area contributed by atoms with Crippen LogP contribution in [-0.4, -0.2) is 18.1 Å². The van der Waals surface area contributed by atoms with E-state index < -0.39 is 11.8 Å². The molecule has 1 aromatic rings. The lowest BCUT2D eigenvalue weighted by Gasteiger charge is -2.03. The van der Waals surface area contributed by atoms with Crippen LogP contribution in [0.5, 0.6) is 0 Å². The molecule has 70 valence electrons. The zero-order valence-electron chi connectivity index (χ0n) is 7.08. The third-order valence-corrected chi connectivity index (χ3v) is 1.56. The van der Waals surface area contributed by atoms with Gasteiger partial charge in [0, 0.05) is 6.20 Å². The van der Waals surface area contributed by atoms with Gasteiger partial charge in [-0.1, -0.05) is 0 Å². The highest BCUT2D eigenvalue weighted by molar-refractivity contribution is 5.73. The van der Waals surface area contributed by atoms with Crippen LogP contribution in [0.3, 0.4) is 0 Å². The maximum Gasteiger partial charge on any atom is 0.311 e. The molecule has 0 aromatic carbocycles. The summed E-state index contributed by atoms with van der Waals surface area (Å²) in [5, 5.41) is 0. The van der Waals surface area contributed by atoms with E-state index in [1.807, 2.05) is 0 Å². The minimum Gasteiger partial charge on any atom is -0.469 e. The number of rotatable bonds is 2. The maximum absolute atomic E-state index is 12.8. The van der Waals surface area contributed by atoms with Crippen molar-refractivity contribution in [3.05, 3.63) is 23.8 Å². The molecule has 0 spiro atoms. The number of esters is 1. The summed E-state index contributed by atoms with van der Waals surface area (Å²) in [6.07, 6.45) is 1.14. The van der Waals surface area contributed by atoms with Gasteiger partial charge < -0.3 is 10.5 Å². The van der Waals surface area contributed by atoms with Gasteiger partial charge in [-0.15, -0.1) is 0 Å². The van der Waals surface area contributed by atoms with E-state index in [0.29, 0.717) is 0 Å². The standard InChI is InChI=1S/C8H9FN2O2/c1-13-7(12)4-6-8(10)5(9)2-3-11-6/h2-3H,4,10H2,1H3. The van der Waals surface area contributed by atoms with Crippen LogP contribution in [-0.2, 0) is 16.0 Å². The van der Waals surface area contributed by atoms with Gasteiger partial charge in [0.15, 0.2) is 0 Å². The average Bonchev–Trinajstić information content (AvgIpc) is 2.13. The zero-order valence-corrected chi connectivity index (χ0v) is 7.08. The van der Waals surface area contributed by atoms with Gasteiger partial charge in [-0.05, 0) is 6.07 Å². The first-order valence-electron chi connectivity index (χ1n) is 3.61. The predicted molar refractivity (Wildman–Crippen MR) is 44.3 cm³/mol. The van der Waals surface area contributed by atoms with Gasteiger partial charge in [-0.25, -0.2) is 4.39 Å². The van der Waals surface area contributed by atoms with Gasteiger partial charge in [-0.3, -0.25) is 9.78 Å². The molecule has 0 aliphatic rings. The number of carbonyl (C=O) groups excluding carboxylic acids is 1. The van der Waals surface area contributed by atoms with E-state index in [4.69, 9.17) is 5.73 Å². The summed E-state index contributed by atoms with van der Waals surface area (Å²) >= 11 is 0. The lowest BCUT2D eigenvalue weighted by molar-refractivity contribution is -0.139. The van der Waals surface area contributed by atoms with Crippen LogP contribution in [0.1, 0.15) is 5.69 Å². The number of methoxy groups -OCH3 is 1. The van der Waals surface area contributed by atoms with Gasteiger partial charge >= 0.3 is 5.97 Å². The van der Waals surface area contributed by atoms with Crippen LogP contribution >= 0.6 is 0 Å². The summed E-state index contributed by atoms with van der Waals surface area (Å²) in [6.45, 7) is 0. The third kappa shape index (κ3) is 2.14. The summed E-state index contributed by atoms with van der Waals surface area (Å²) in [5.41, 5.74) is 5.44. The van der Waals surface area contributed by atoms with Crippen LogP contribution in [0.15, 0.2) is 12.3 Å². The Morgan fingerprint density at radius 1 is 1.77 bits per heavy atom. The Labute approximate surface area is 74.5 Å². The van der Waals surface area contributed by atoms with E-state index >= 15 is 0 Å². The molecule has 0 saturated carbocycles. The maximum atomic E-state index is 12.8. The molecule has 0 aliphatic carbocycles. The van der Waals surface area contributed by atoms with Gasteiger partial charge in [-0.2, -0.15) is 0 Å². The van der Waals surface area contributed by atoms with Gasteiger partial charge in [0.1, 0.15) is 5.82 Å². The molecule has 0 amide bonds. The summed E-state index contributed by atoms with van der Waals surface area (Å²) in [6, 6.07) is 1.14. The van der Waals surface area contributed by atoms with Crippen molar-refractivity contribution in [1.82, 2.24) is 4.98 Å². The van der Waals surface area contributed by atoms with Crippen molar-refractivity contribution in [3.8, 4) is 0 Å². The van der Waals surface area contributed by atoms with Crippen LogP contribution < -0.4 is 5.73 Å². The normalized spacial score (nSPS) is 9.69. The number of nitrogen functional groups attached to an aromatic ring is 1. The molecule has 0 unspecified atom stereocenters. The van der Waals surface area contributed by atoms with Crippen LogP contribution in [0.2, 0.25) is 0 Å². The first-order valence-corrected chi connectivity index (χ1v) is 3.61. The van der Waals surface area contributed by atoms with Crippen molar-refractivity contribution in [1.29, 1.82) is 0 Å². The largest absolute Gasteiger partial charge is 0.469 e. The first kappa shape index (κ1) is 9.44. The van der Waals surface area contributed by atoms with Crippen molar-refractivity contribution < 1.29 is 13.9 Å². The number of ether oxygens (including phenoxy) is 1. The van der Waals surface area contributed by atoms with Crippen LogP contribution in [0, 0.1) is 5.82 Å². The monoisotopic (exact) mass is 184 g/mol. The van der Waals surface area contributed by atoms with Crippen molar-refractivity contribution in [2.75, 3.05) is 12.8 Å². The molecule has 1 aromatic heterocycles. The Bertz CT molecular complexity index is 328. The summed E-state index contributed by atoms with van der Waals surface area (Å²) in [4.78, 5) is 14.6. The van der Waals surface area contributed by atoms with Crippen LogP contribution in [0.4, 0.5) is 10.1 Å². The van der Waals surface area contributed by atoms with Crippen molar-refractivity contribution in [2.24, 2.45) is 0 Å². The molecule has 1 heterocycles. The number of anilines is 1. The molecule has 4 nitrogen and oxygen atoms in total. The fraction of sp³-hybridized carbons (Fsp3) is 0.250. The van der Waals surface area contributed by atoms with E-state index in [2.05, 4.69) is 9.72 Å². The second kappa shape index (κ2) is 3.84. The third-order valence-electron chi connectivity index (χ3n) is 1.56. The number of aromatic nitrogens is 1. The average molecular weight is 184 g/mol. The van der Waals surface area contributed by atoms with Gasteiger partial charge in [0.05, 0.1) is 24.9 Å². The number of hydrogen-bond donors (Lipinski definition) is 1. The molecule has 0 aliphatic heterocycles. The number of nitrogens with two attached hydrogens (primary N) is 1. The second-order valence-corrected chi connectivity index (χ2v) is 2.41. The molecular formula is C8H9FN2O2. The topological polar surface area (TPSA) is 65.2 Å². The molecule has 5 heteroatoms. The lowest BCUT2D eigenvalue weighted by Crippen LogP contribution is -2.09. The fourth-order valence-corrected chi connectivity index (χ4v) is 0.840. The molecule has 0 radical (unpaired) electrons. The highest BCUT2D eigenvalue weighted by Crippen LogP contribution is 2.13. The summed E-state index contributed by atoms with van der Waals surface area (Å²) in [5.74, 6) is -1.07. The summed E-state index contributed by atoms with van der Waals surface area (Å²) in [7, 11) is 1.25. The Morgan fingerprint density at radius 2 is 2.46 bits per heavy atom. The molecule has 0 bridgehead atoms. The Balaban J connectivity index is 2.89. The molecule has 0 fully saturated rings. The van der Waals surface area contributed by atoms with Gasteiger partial charge in [0.2, 0.25) is 0 Å². The molecule has 0 atom stereocenters. The lowest BCUT2D eigenvalue weighted by atomic mass is 10.2. The Hall–Kier alpha value is -1.65. The smallest absolute Gasteiger partial charge is 0.311 e. The molecule has 2 N–H and O–H groups in total. The molecule has 13 heavy (non-hydrogen) atoms. The predicted octanol–water partition coefficient (Wildman–Crippen LogP) is 0.518. The van der Waals surface area contributed by atoms with E-state index in [9.17, 15) is 9.18 Å². The van der Waals surface area contributed by atoms with Crippen LogP contribution in [0.25, 0.3) is 0 Å². The number of carbonyl (C=O) groups is 1. The molecule has 0 saturated heterocycles. The van der Waals surface area contributed by atoms with E-state index in [-0.39, 0.29) is 17.8 Å². The summed E-state index contributed by atoms with van der Waals surface area (Å²) < 4.78 is 17.2.